The van der Waals surface area contributed by atoms with E-state index in [4.69, 9.17) is 0 Å². The maximum Gasteiger partial charge on any atom is 0.306 e. The van der Waals surface area contributed by atoms with Gasteiger partial charge in [-0.25, -0.2) is 0 Å². The van der Waals surface area contributed by atoms with Crippen LogP contribution in [0.4, 0.5) is 0 Å². The number of hydrogen-bond donors (Lipinski definition) is 9. The van der Waals surface area contributed by atoms with Crippen LogP contribution in [0.25, 0.3) is 0 Å². The molecule has 312 valence electrons. The van der Waals surface area contributed by atoms with Crippen molar-refractivity contribution in [2.45, 2.75) is 189 Å². The maximum atomic E-state index is 12.5. The minimum Gasteiger partial charge on any atom is -0.481 e. The highest BCUT2D eigenvalue weighted by atomic mass is 16.4. The lowest BCUT2D eigenvalue weighted by atomic mass is 9.64. The van der Waals surface area contributed by atoms with E-state index < -0.39 is 5.97 Å². The van der Waals surface area contributed by atoms with Gasteiger partial charge in [-0.15, -0.1) is 0 Å². The number of fused-ring (bicyclic) bond motifs is 20. The number of carboxylic acids is 1. The predicted octanol–water partition coefficient (Wildman–Crippen LogP) is 5.73. The van der Waals surface area contributed by atoms with Crippen LogP contribution in [0.5, 0.6) is 0 Å². The fraction of sp³-hybridized carbons (Fsp3) is 0.978. The topological polar surface area (TPSA) is 134 Å². The number of carboxylic acid groups (broad SMARTS) is 1. The third-order valence-electron chi connectivity index (χ3n) is 18.1. The third-order valence-corrected chi connectivity index (χ3v) is 18.1. The molecule has 9 rings (SSSR count). The van der Waals surface area contributed by atoms with Gasteiger partial charge < -0.3 is 5.11 Å². The molecule has 9 N–H and O–H groups in total. The van der Waals surface area contributed by atoms with Crippen LogP contribution < -0.4 is 42.5 Å². The Morgan fingerprint density at radius 2 is 0.600 bits per heavy atom. The smallest absolute Gasteiger partial charge is 0.306 e. The van der Waals surface area contributed by atoms with Gasteiger partial charge in [0.05, 0.1) is 55.2 Å². The molecule has 0 aromatic heterocycles. The Kier molecular flexibility index (Phi) is 10.4. The van der Waals surface area contributed by atoms with Crippen molar-refractivity contribution in [1.82, 2.24) is 42.5 Å². The molecule has 10 heteroatoms. The van der Waals surface area contributed by atoms with E-state index >= 15 is 0 Å². The second kappa shape index (κ2) is 14.4. The Bertz CT molecular complexity index is 1410. The Balaban J connectivity index is 1.07. The van der Waals surface area contributed by atoms with E-state index in [9.17, 15) is 9.90 Å². The van der Waals surface area contributed by atoms with Crippen molar-refractivity contribution in [2.24, 2.45) is 87.3 Å². The molecule has 0 spiro atoms. The summed E-state index contributed by atoms with van der Waals surface area (Å²) in [6, 6.07) is 0. The van der Waals surface area contributed by atoms with E-state index in [1.165, 1.54) is 57.8 Å². The van der Waals surface area contributed by atoms with Crippen LogP contribution in [0.3, 0.4) is 0 Å². The van der Waals surface area contributed by atoms with Crippen molar-refractivity contribution < 1.29 is 9.90 Å². The summed E-state index contributed by atoms with van der Waals surface area (Å²) in [6.45, 7) is 22.1. The zero-order valence-electron chi connectivity index (χ0n) is 35.9. The fourth-order valence-corrected chi connectivity index (χ4v) is 14.6. The van der Waals surface area contributed by atoms with Gasteiger partial charge in [-0.05, 0) is 158 Å². The molecule has 0 amide bonds. The van der Waals surface area contributed by atoms with Crippen molar-refractivity contribution in [3.05, 3.63) is 0 Å². The molecular formula is C45H80N8O2. The molecule has 0 radical (unpaired) electrons. The van der Waals surface area contributed by atoms with Crippen LogP contribution in [0.2, 0.25) is 0 Å². The van der Waals surface area contributed by atoms with Crippen LogP contribution in [0.1, 0.15) is 139 Å². The third kappa shape index (κ3) is 7.39. The summed E-state index contributed by atoms with van der Waals surface area (Å²) >= 11 is 0. The van der Waals surface area contributed by atoms with Gasteiger partial charge in [-0.3, -0.25) is 47.3 Å². The van der Waals surface area contributed by atoms with Crippen LogP contribution >= 0.6 is 0 Å². The first-order chi connectivity index (χ1) is 25.9. The summed E-state index contributed by atoms with van der Waals surface area (Å²) < 4.78 is 0. The van der Waals surface area contributed by atoms with Gasteiger partial charge >= 0.3 is 5.97 Å². The monoisotopic (exact) mass is 765 g/mol. The summed E-state index contributed by atoms with van der Waals surface area (Å²) in [4.78, 5) is 12.5. The molecule has 5 aliphatic heterocycles. The fourth-order valence-electron chi connectivity index (χ4n) is 14.6. The second-order valence-electron chi connectivity index (χ2n) is 23.9. The summed E-state index contributed by atoms with van der Waals surface area (Å²) in [7, 11) is 0. The molecule has 55 heavy (non-hydrogen) atoms. The quantitative estimate of drug-likeness (QED) is 0.163. The van der Waals surface area contributed by atoms with Gasteiger partial charge in [0, 0.05) is 0 Å². The van der Waals surface area contributed by atoms with Gasteiger partial charge in [0.15, 0.2) is 0 Å². The van der Waals surface area contributed by atoms with Crippen LogP contribution in [0, 0.1) is 87.3 Å². The van der Waals surface area contributed by atoms with E-state index in [1.807, 2.05) is 0 Å². The van der Waals surface area contributed by atoms with E-state index in [0.29, 0.717) is 63.6 Å². The lowest BCUT2D eigenvalue weighted by Gasteiger charge is -2.43. The highest BCUT2D eigenvalue weighted by molar-refractivity contribution is 5.70. The average Bonchev–Trinajstić information content (AvgIpc) is 3.85. The van der Waals surface area contributed by atoms with E-state index in [-0.39, 0.29) is 61.2 Å². The van der Waals surface area contributed by atoms with Crippen molar-refractivity contribution in [1.29, 1.82) is 0 Å². The number of rotatable bonds is 1. The summed E-state index contributed by atoms with van der Waals surface area (Å²) in [5.41, 5.74) is 0.921. The Morgan fingerprint density at radius 1 is 0.364 bits per heavy atom. The van der Waals surface area contributed by atoms with Crippen molar-refractivity contribution in [3.8, 4) is 0 Å². The minimum atomic E-state index is -0.613. The van der Waals surface area contributed by atoms with Gasteiger partial charge in [-0.2, -0.15) is 0 Å². The zero-order valence-corrected chi connectivity index (χ0v) is 35.9. The molecule has 0 aromatic carbocycles. The number of carbonyl (C=O) groups is 1. The molecule has 4 saturated carbocycles. The number of nitrogens with one attached hydrogen (secondary N) is 8. The minimum absolute atomic E-state index is 0.0801. The van der Waals surface area contributed by atoms with Crippen molar-refractivity contribution in [3.63, 3.8) is 0 Å². The standard InChI is InChI=1S/C45H80N8O2/c1-43(2,3)23-11-15-27-31(19-23)39-48-35(27)46-34-26-14-10-22(42(54)55)18-30(26)38(47-34)53-41-33-21-25(45(7,8)9)13-17-29(33)37(52-41)51-40-32-20-24(44(4,5)6)12-16-28(32)36(49-39)50-40/h22-41,46-53H,10-21H2,1-9H3,(H,54,55). The molecule has 20 unspecified atom stereocenters. The average molecular weight is 765 g/mol. The maximum absolute atomic E-state index is 12.5. The molecule has 0 aromatic rings. The van der Waals surface area contributed by atoms with Crippen molar-refractivity contribution >= 4 is 5.97 Å². The van der Waals surface area contributed by atoms with E-state index in [0.717, 1.165) is 31.1 Å². The highest BCUT2D eigenvalue weighted by Gasteiger charge is 2.57. The molecule has 9 fully saturated rings. The van der Waals surface area contributed by atoms with Gasteiger partial charge in [0.2, 0.25) is 0 Å². The predicted molar refractivity (Wildman–Crippen MR) is 219 cm³/mol. The molecule has 5 heterocycles. The lowest BCUT2D eigenvalue weighted by molar-refractivity contribution is -0.143. The van der Waals surface area contributed by atoms with E-state index in [1.54, 1.807) is 0 Å². The summed E-state index contributed by atoms with van der Waals surface area (Å²) in [6.07, 6.45) is 15.7. The highest BCUT2D eigenvalue weighted by Crippen LogP contribution is 2.52. The number of hydrogen-bond acceptors (Lipinski definition) is 9. The Hall–Kier alpha value is -0.850. The summed E-state index contributed by atoms with van der Waals surface area (Å²) in [5.74, 6) is 5.48. The largest absolute Gasteiger partial charge is 0.481 e. The van der Waals surface area contributed by atoms with Gasteiger partial charge in [-0.1, -0.05) is 62.3 Å². The van der Waals surface area contributed by atoms with Crippen LogP contribution in [-0.2, 0) is 4.79 Å². The Morgan fingerprint density at radius 3 is 0.855 bits per heavy atom. The lowest BCUT2D eigenvalue weighted by Crippen LogP contribution is -2.61. The molecule has 4 aliphatic carbocycles. The summed E-state index contributed by atoms with van der Waals surface area (Å²) in [5, 5.41) is 44.4. The second-order valence-corrected chi connectivity index (χ2v) is 23.9. The molecule has 8 bridgehead atoms. The van der Waals surface area contributed by atoms with Crippen molar-refractivity contribution in [2.75, 3.05) is 0 Å². The molecular weight excluding hydrogens is 685 g/mol. The van der Waals surface area contributed by atoms with Gasteiger partial charge in [0.1, 0.15) is 0 Å². The first-order valence-corrected chi connectivity index (χ1v) is 23.2. The first-order valence-electron chi connectivity index (χ1n) is 23.2. The van der Waals surface area contributed by atoms with Crippen LogP contribution in [-0.4, -0.2) is 60.4 Å². The van der Waals surface area contributed by atoms with Crippen LogP contribution in [0.15, 0.2) is 0 Å². The molecule has 10 nitrogen and oxygen atoms in total. The Labute approximate surface area is 333 Å². The zero-order chi connectivity index (χ0) is 38.8. The molecule has 20 atom stereocenters. The molecule has 9 aliphatic rings. The van der Waals surface area contributed by atoms with E-state index in [2.05, 4.69) is 105 Å². The first kappa shape index (κ1) is 39.6. The SMILES string of the molecule is CC(C)(C)C1CCC2C3NC4NC(NC5NC(NC6NC(NC(N3)C2C1)C1CCC(C(C)(C)C)CC61)C1CCC(C(C)(C)C)CC51)C1CC(C(=O)O)CCC41. The van der Waals surface area contributed by atoms with Gasteiger partial charge in [0.25, 0.3) is 0 Å². The number of aliphatic carboxylic acids is 1. The molecule has 5 saturated heterocycles. The normalized spacial score (nSPS) is 51.5.